The molecule has 0 saturated carbocycles. The SMILES string of the molecule is C=C1CC=C(N2CCOCC2)C(C)(C)C1. The molecule has 84 valence electrons. The summed E-state index contributed by atoms with van der Waals surface area (Å²) < 4.78 is 5.39. The second-order valence-corrected chi connectivity index (χ2v) is 5.20. The average Bonchev–Trinajstić information content (AvgIpc) is 2.17. The van der Waals surface area contributed by atoms with E-state index in [-0.39, 0.29) is 5.41 Å². The second kappa shape index (κ2) is 4.01. The number of nitrogens with zero attached hydrogens (tertiary/aromatic N) is 1. The Labute approximate surface area is 92.6 Å². The number of allylic oxidation sites excluding steroid dienone is 3. The van der Waals surface area contributed by atoms with Gasteiger partial charge in [-0.25, -0.2) is 0 Å². The van der Waals surface area contributed by atoms with Crippen LogP contribution in [0, 0.1) is 5.41 Å². The molecule has 0 atom stereocenters. The normalized spacial score (nSPS) is 26.4. The van der Waals surface area contributed by atoms with Crippen molar-refractivity contribution < 1.29 is 4.74 Å². The van der Waals surface area contributed by atoms with Gasteiger partial charge < -0.3 is 9.64 Å². The molecule has 2 aliphatic rings. The molecule has 2 nitrogen and oxygen atoms in total. The van der Waals surface area contributed by atoms with E-state index in [1.807, 2.05) is 0 Å². The lowest BCUT2D eigenvalue weighted by molar-refractivity contribution is 0.0425. The minimum atomic E-state index is 0.257. The maximum absolute atomic E-state index is 5.39. The van der Waals surface area contributed by atoms with Crippen molar-refractivity contribution >= 4 is 0 Å². The van der Waals surface area contributed by atoms with Gasteiger partial charge in [-0.05, 0) is 12.8 Å². The molecule has 1 aliphatic heterocycles. The Balaban J connectivity index is 2.15. The molecular formula is C13H21NO. The van der Waals surface area contributed by atoms with E-state index in [0.29, 0.717) is 0 Å². The van der Waals surface area contributed by atoms with E-state index >= 15 is 0 Å². The molecule has 0 bridgehead atoms. The first kappa shape index (κ1) is 10.7. The highest BCUT2D eigenvalue weighted by Crippen LogP contribution is 2.40. The zero-order chi connectivity index (χ0) is 10.9. The summed E-state index contributed by atoms with van der Waals surface area (Å²) in [5.74, 6) is 0. The maximum Gasteiger partial charge on any atom is 0.0642 e. The van der Waals surface area contributed by atoms with Gasteiger partial charge in [0.1, 0.15) is 0 Å². The third-order valence-corrected chi connectivity index (χ3v) is 3.32. The van der Waals surface area contributed by atoms with E-state index in [0.717, 1.165) is 39.1 Å². The Morgan fingerprint density at radius 3 is 2.60 bits per heavy atom. The highest BCUT2D eigenvalue weighted by molar-refractivity contribution is 5.23. The molecule has 1 fully saturated rings. The van der Waals surface area contributed by atoms with Gasteiger partial charge in [0.25, 0.3) is 0 Å². The molecule has 0 unspecified atom stereocenters. The molecular weight excluding hydrogens is 186 g/mol. The van der Waals surface area contributed by atoms with Crippen LogP contribution in [-0.4, -0.2) is 31.2 Å². The minimum absolute atomic E-state index is 0.257. The van der Waals surface area contributed by atoms with Crippen molar-refractivity contribution in [2.24, 2.45) is 5.41 Å². The number of hydrogen-bond donors (Lipinski definition) is 0. The summed E-state index contributed by atoms with van der Waals surface area (Å²) in [7, 11) is 0. The lowest BCUT2D eigenvalue weighted by Crippen LogP contribution is -2.41. The lowest BCUT2D eigenvalue weighted by atomic mass is 9.77. The quantitative estimate of drug-likeness (QED) is 0.613. The van der Waals surface area contributed by atoms with Gasteiger partial charge in [0.15, 0.2) is 0 Å². The molecule has 1 heterocycles. The van der Waals surface area contributed by atoms with Gasteiger partial charge in [0, 0.05) is 24.2 Å². The zero-order valence-electron chi connectivity index (χ0n) is 9.88. The first-order valence-corrected chi connectivity index (χ1v) is 5.79. The monoisotopic (exact) mass is 207 g/mol. The van der Waals surface area contributed by atoms with Gasteiger partial charge in [0.2, 0.25) is 0 Å². The Bertz CT molecular complexity index is 285. The summed E-state index contributed by atoms with van der Waals surface area (Å²) in [6.45, 7) is 12.6. The number of rotatable bonds is 1. The Morgan fingerprint density at radius 2 is 2.00 bits per heavy atom. The van der Waals surface area contributed by atoms with Crippen LogP contribution in [0.15, 0.2) is 23.9 Å². The average molecular weight is 207 g/mol. The second-order valence-electron chi connectivity index (χ2n) is 5.20. The van der Waals surface area contributed by atoms with Crippen LogP contribution < -0.4 is 0 Å². The summed E-state index contributed by atoms with van der Waals surface area (Å²) in [4.78, 5) is 2.48. The Morgan fingerprint density at radius 1 is 1.33 bits per heavy atom. The van der Waals surface area contributed by atoms with Gasteiger partial charge in [-0.3, -0.25) is 0 Å². The summed E-state index contributed by atoms with van der Waals surface area (Å²) in [6.07, 6.45) is 4.53. The molecule has 0 N–H and O–H groups in total. The maximum atomic E-state index is 5.39. The van der Waals surface area contributed by atoms with Crippen LogP contribution in [0.3, 0.4) is 0 Å². The standard InChI is InChI=1S/C13H21NO/c1-11-4-5-12(13(2,3)10-11)14-6-8-15-9-7-14/h5H,1,4,6-10H2,2-3H3. The molecule has 0 aromatic heterocycles. The molecule has 15 heavy (non-hydrogen) atoms. The van der Waals surface area contributed by atoms with E-state index < -0.39 is 0 Å². The third kappa shape index (κ3) is 2.25. The molecule has 0 spiro atoms. The number of ether oxygens (including phenoxy) is 1. The topological polar surface area (TPSA) is 12.5 Å². The van der Waals surface area contributed by atoms with Gasteiger partial charge >= 0.3 is 0 Å². The molecule has 0 aromatic carbocycles. The molecule has 1 saturated heterocycles. The number of morpholine rings is 1. The largest absolute Gasteiger partial charge is 0.378 e. The first-order chi connectivity index (χ1) is 7.09. The van der Waals surface area contributed by atoms with Crippen molar-refractivity contribution in [2.75, 3.05) is 26.3 Å². The van der Waals surface area contributed by atoms with Crippen molar-refractivity contribution in [3.8, 4) is 0 Å². The predicted molar refractivity (Wildman–Crippen MR) is 62.6 cm³/mol. The van der Waals surface area contributed by atoms with E-state index in [1.54, 1.807) is 0 Å². The van der Waals surface area contributed by atoms with Crippen molar-refractivity contribution in [1.29, 1.82) is 0 Å². The van der Waals surface area contributed by atoms with Gasteiger partial charge in [-0.1, -0.05) is 32.1 Å². The van der Waals surface area contributed by atoms with Crippen LogP contribution >= 0.6 is 0 Å². The fraction of sp³-hybridized carbons (Fsp3) is 0.692. The van der Waals surface area contributed by atoms with Crippen molar-refractivity contribution in [1.82, 2.24) is 4.90 Å². The van der Waals surface area contributed by atoms with Gasteiger partial charge in [0.05, 0.1) is 13.2 Å². The molecule has 0 amide bonds. The fourth-order valence-electron chi connectivity index (χ4n) is 2.67. The molecule has 1 aliphatic carbocycles. The zero-order valence-corrected chi connectivity index (χ0v) is 9.88. The first-order valence-electron chi connectivity index (χ1n) is 5.79. The van der Waals surface area contributed by atoms with E-state index in [2.05, 4.69) is 31.4 Å². The van der Waals surface area contributed by atoms with E-state index in [1.165, 1.54) is 11.3 Å². The summed E-state index contributed by atoms with van der Waals surface area (Å²) in [5.41, 5.74) is 3.11. The summed E-state index contributed by atoms with van der Waals surface area (Å²) in [6, 6.07) is 0. The minimum Gasteiger partial charge on any atom is -0.378 e. The van der Waals surface area contributed by atoms with Gasteiger partial charge in [-0.2, -0.15) is 0 Å². The van der Waals surface area contributed by atoms with Crippen LogP contribution in [0.5, 0.6) is 0 Å². The fourth-order valence-corrected chi connectivity index (χ4v) is 2.67. The van der Waals surface area contributed by atoms with Gasteiger partial charge in [-0.15, -0.1) is 0 Å². The van der Waals surface area contributed by atoms with Crippen LogP contribution in [0.4, 0.5) is 0 Å². The van der Waals surface area contributed by atoms with Crippen molar-refractivity contribution in [3.05, 3.63) is 23.9 Å². The Kier molecular flexibility index (Phi) is 2.87. The van der Waals surface area contributed by atoms with Crippen molar-refractivity contribution in [2.45, 2.75) is 26.7 Å². The van der Waals surface area contributed by atoms with E-state index in [9.17, 15) is 0 Å². The highest BCUT2D eigenvalue weighted by atomic mass is 16.5. The molecule has 0 radical (unpaired) electrons. The van der Waals surface area contributed by atoms with E-state index in [4.69, 9.17) is 4.74 Å². The van der Waals surface area contributed by atoms with Crippen LogP contribution in [0.25, 0.3) is 0 Å². The van der Waals surface area contributed by atoms with Crippen LogP contribution in [-0.2, 0) is 4.74 Å². The molecule has 2 heteroatoms. The predicted octanol–water partition coefficient (Wildman–Crippen LogP) is 2.58. The summed E-state index contributed by atoms with van der Waals surface area (Å²) >= 11 is 0. The highest BCUT2D eigenvalue weighted by Gasteiger charge is 2.31. The summed E-state index contributed by atoms with van der Waals surface area (Å²) in [5, 5.41) is 0. The van der Waals surface area contributed by atoms with Crippen LogP contribution in [0.1, 0.15) is 26.7 Å². The van der Waals surface area contributed by atoms with Crippen LogP contribution in [0.2, 0.25) is 0 Å². The Hall–Kier alpha value is -0.760. The smallest absolute Gasteiger partial charge is 0.0642 e. The lowest BCUT2D eigenvalue weighted by Gasteiger charge is -2.42. The molecule has 0 aromatic rings. The van der Waals surface area contributed by atoms with Crippen molar-refractivity contribution in [3.63, 3.8) is 0 Å². The third-order valence-electron chi connectivity index (χ3n) is 3.32. The molecule has 2 rings (SSSR count). The number of hydrogen-bond acceptors (Lipinski definition) is 2.